The first kappa shape index (κ1) is 12.9. The Hall–Kier alpha value is -2.16. The molecule has 0 aliphatic carbocycles. The van der Waals surface area contributed by atoms with Crippen molar-refractivity contribution in [1.82, 2.24) is 0 Å². The number of benzene rings is 2. The van der Waals surface area contributed by atoms with Crippen LogP contribution in [-0.2, 0) is 6.42 Å². The van der Waals surface area contributed by atoms with Gasteiger partial charge in [0.15, 0.2) is 0 Å². The summed E-state index contributed by atoms with van der Waals surface area (Å²) in [7, 11) is 1.66. The van der Waals surface area contributed by atoms with E-state index in [1.807, 2.05) is 18.2 Å². The molecule has 2 N–H and O–H groups in total. The third-order valence-corrected chi connectivity index (χ3v) is 4.02. The molecule has 0 aromatic heterocycles. The molecule has 1 aliphatic rings. The summed E-state index contributed by atoms with van der Waals surface area (Å²) in [5.74, 6) is 0.796. The van der Waals surface area contributed by atoms with Gasteiger partial charge in [-0.15, -0.1) is 0 Å². The zero-order valence-corrected chi connectivity index (χ0v) is 12.0. The molecule has 104 valence electrons. The molecule has 0 amide bonds. The lowest BCUT2D eigenvalue weighted by Crippen LogP contribution is -2.33. The van der Waals surface area contributed by atoms with Crippen LogP contribution in [0.25, 0.3) is 0 Å². The molecule has 1 heterocycles. The van der Waals surface area contributed by atoms with Crippen molar-refractivity contribution in [2.75, 3.05) is 17.7 Å². The molecule has 20 heavy (non-hydrogen) atoms. The van der Waals surface area contributed by atoms with Gasteiger partial charge in [0.25, 0.3) is 0 Å². The maximum atomic E-state index is 6.23. The Morgan fingerprint density at radius 3 is 2.70 bits per heavy atom. The smallest absolute Gasteiger partial charge is 0.121 e. The predicted octanol–water partition coefficient (Wildman–Crippen LogP) is 3.75. The van der Waals surface area contributed by atoms with Crippen molar-refractivity contribution in [3.63, 3.8) is 0 Å². The Balaban J connectivity index is 2.09. The summed E-state index contributed by atoms with van der Waals surface area (Å²) in [4.78, 5) is 2.34. The number of nitrogens with two attached hydrogens (primary N) is 1. The summed E-state index contributed by atoms with van der Waals surface area (Å²) in [5, 5.41) is 0. The monoisotopic (exact) mass is 268 g/mol. The number of ether oxygens (including phenoxy) is 1. The van der Waals surface area contributed by atoms with Crippen molar-refractivity contribution in [1.29, 1.82) is 0 Å². The average Bonchev–Trinajstić information content (AvgIpc) is 2.48. The van der Waals surface area contributed by atoms with Crippen LogP contribution < -0.4 is 15.4 Å². The fraction of sp³-hybridized carbons (Fsp3) is 0.294. The Labute approximate surface area is 120 Å². The standard InChI is InChI=1S/C17H20N2O/c1-12-7-8-13-5-3-4-6-16(13)19(12)17-10-9-14(20-2)11-15(17)18/h3-6,9-12H,7-8,18H2,1-2H3. The number of fused-ring (bicyclic) bond motifs is 1. The first-order valence-electron chi connectivity index (χ1n) is 7.01. The molecule has 1 unspecified atom stereocenters. The zero-order chi connectivity index (χ0) is 14.1. The van der Waals surface area contributed by atoms with Gasteiger partial charge >= 0.3 is 0 Å². The number of aryl methyl sites for hydroxylation is 1. The minimum atomic E-state index is 0.445. The molecule has 3 heteroatoms. The summed E-state index contributed by atoms with van der Waals surface area (Å²) < 4.78 is 5.24. The number of hydrogen-bond acceptors (Lipinski definition) is 3. The van der Waals surface area contributed by atoms with Gasteiger partial charge in [-0.25, -0.2) is 0 Å². The highest BCUT2D eigenvalue weighted by molar-refractivity contribution is 5.78. The first-order chi connectivity index (χ1) is 9.70. The Morgan fingerprint density at radius 2 is 1.95 bits per heavy atom. The maximum absolute atomic E-state index is 6.23. The molecule has 1 atom stereocenters. The van der Waals surface area contributed by atoms with E-state index in [0.29, 0.717) is 6.04 Å². The predicted molar refractivity (Wildman–Crippen MR) is 83.8 cm³/mol. The van der Waals surface area contributed by atoms with Crippen molar-refractivity contribution in [3.05, 3.63) is 48.0 Å². The summed E-state index contributed by atoms with van der Waals surface area (Å²) in [5.41, 5.74) is 10.7. The third-order valence-electron chi connectivity index (χ3n) is 4.02. The van der Waals surface area contributed by atoms with Gasteiger partial charge in [0.1, 0.15) is 5.75 Å². The van der Waals surface area contributed by atoms with E-state index < -0.39 is 0 Å². The molecule has 3 rings (SSSR count). The fourth-order valence-electron chi connectivity index (χ4n) is 2.93. The number of hydrogen-bond donors (Lipinski definition) is 1. The molecular weight excluding hydrogens is 248 g/mol. The number of rotatable bonds is 2. The number of para-hydroxylation sites is 1. The highest BCUT2D eigenvalue weighted by atomic mass is 16.5. The topological polar surface area (TPSA) is 38.5 Å². The Bertz CT molecular complexity index is 624. The zero-order valence-electron chi connectivity index (χ0n) is 12.0. The molecule has 1 aliphatic heterocycles. The lowest BCUT2D eigenvalue weighted by atomic mass is 9.95. The van der Waals surface area contributed by atoms with E-state index in [2.05, 4.69) is 36.1 Å². The molecule has 0 bridgehead atoms. The molecule has 2 aromatic carbocycles. The normalized spacial score (nSPS) is 17.7. The highest BCUT2D eigenvalue weighted by Crippen LogP contribution is 2.40. The molecule has 0 radical (unpaired) electrons. The first-order valence-corrected chi connectivity index (χ1v) is 7.01. The van der Waals surface area contributed by atoms with Gasteiger partial charge < -0.3 is 15.4 Å². The molecule has 0 spiro atoms. The molecule has 3 nitrogen and oxygen atoms in total. The van der Waals surface area contributed by atoms with Crippen LogP contribution in [0.2, 0.25) is 0 Å². The number of nitrogens with zero attached hydrogens (tertiary/aromatic N) is 1. The van der Waals surface area contributed by atoms with Crippen molar-refractivity contribution in [2.45, 2.75) is 25.8 Å². The van der Waals surface area contributed by atoms with Crippen molar-refractivity contribution in [3.8, 4) is 5.75 Å². The van der Waals surface area contributed by atoms with Crippen LogP contribution in [0.1, 0.15) is 18.9 Å². The second-order valence-electron chi connectivity index (χ2n) is 5.31. The SMILES string of the molecule is COc1ccc(N2c3ccccc3CCC2C)c(N)c1. The molecule has 0 saturated carbocycles. The van der Waals surface area contributed by atoms with Crippen LogP contribution in [0.5, 0.6) is 5.75 Å². The minimum absolute atomic E-state index is 0.445. The lowest BCUT2D eigenvalue weighted by Gasteiger charge is -2.37. The van der Waals surface area contributed by atoms with Gasteiger partial charge in [-0.2, -0.15) is 0 Å². The van der Waals surface area contributed by atoms with Crippen molar-refractivity contribution < 1.29 is 4.74 Å². The summed E-state index contributed by atoms with van der Waals surface area (Å²) in [6, 6.07) is 14.9. The van der Waals surface area contributed by atoms with Crippen molar-refractivity contribution in [2.24, 2.45) is 0 Å². The average molecular weight is 268 g/mol. The van der Waals surface area contributed by atoms with E-state index in [4.69, 9.17) is 10.5 Å². The third kappa shape index (κ3) is 2.09. The van der Waals surface area contributed by atoms with Gasteiger partial charge in [0, 0.05) is 17.8 Å². The van der Waals surface area contributed by atoms with Crippen molar-refractivity contribution >= 4 is 17.1 Å². The van der Waals surface area contributed by atoms with E-state index >= 15 is 0 Å². The van der Waals surface area contributed by atoms with Crippen LogP contribution in [0.3, 0.4) is 0 Å². The van der Waals surface area contributed by atoms with Gasteiger partial charge in [-0.1, -0.05) is 18.2 Å². The van der Waals surface area contributed by atoms with E-state index in [1.54, 1.807) is 7.11 Å². The second kappa shape index (κ2) is 5.08. The summed E-state index contributed by atoms with van der Waals surface area (Å²) in [6.45, 7) is 2.25. The Kier molecular flexibility index (Phi) is 3.26. The van der Waals surface area contributed by atoms with Gasteiger partial charge in [0.2, 0.25) is 0 Å². The minimum Gasteiger partial charge on any atom is -0.497 e. The molecule has 2 aromatic rings. The van der Waals surface area contributed by atoms with E-state index in [1.165, 1.54) is 11.3 Å². The molecule has 0 saturated heterocycles. The van der Waals surface area contributed by atoms with Crippen LogP contribution >= 0.6 is 0 Å². The van der Waals surface area contributed by atoms with Gasteiger partial charge in [-0.05, 0) is 43.5 Å². The second-order valence-corrected chi connectivity index (χ2v) is 5.31. The Morgan fingerprint density at radius 1 is 1.15 bits per heavy atom. The van der Waals surface area contributed by atoms with E-state index in [9.17, 15) is 0 Å². The maximum Gasteiger partial charge on any atom is 0.121 e. The molecule has 0 fully saturated rings. The van der Waals surface area contributed by atoms with Gasteiger partial charge in [0.05, 0.1) is 18.5 Å². The molecular formula is C17H20N2O. The van der Waals surface area contributed by atoms with Crippen LogP contribution in [0, 0.1) is 0 Å². The van der Waals surface area contributed by atoms with Crippen LogP contribution in [0.4, 0.5) is 17.1 Å². The van der Waals surface area contributed by atoms with E-state index in [0.717, 1.165) is 30.0 Å². The number of methoxy groups -OCH3 is 1. The lowest BCUT2D eigenvalue weighted by molar-refractivity contribution is 0.415. The van der Waals surface area contributed by atoms with Crippen LogP contribution in [-0.4, -0.2) is 13.2 Å². The highest BCUT2D eigenvalue weighted by Gasteiger charge is 2.25. The summed E-state index contributed by atoms with van der Waals surface area (Å²) in [6.07, 6.45) is 2.27. The quantitative estimate of drug-likeness (QED) is 0.843. The fourth-order valence-corrected chi connectivity index (χ4v) is 2.93. The number of anilines is 3. The summed E-state index contributed by atoms with van der Waals surface area (Å²) >= 11 is 0. The van der Waals surface area contributed by atoms with Gasteiger partial charge in [-0.3, -0.25) is 0 Å². The largest absolute Gasteiger partial charge is 0.497 e. The van der Waals surface area contributed by atoms with Crippen LogP contribution in [0.15, 0.2) is 42.5 Å². The number of nitrogen functional groups attached to an aromatic ring is 1. The van der Waals surface area contributed by atoms with E-state index in [-0.39, 0.29) is 0 Å².